The van der Waals surface area contributed by atoms with E-state index in [1.165, 1.54) is 0 Å². The highest BCUT2D eigenvalue weighted by atomic mass is 32.2. The minimum atomic E-state index is -3.54. The van der Waals surface area contributed by atoms with Crippen molar-refractivity contribution in [1.82, 2.24) is 9.84 Å². The third kappa shape index (κ3) is 3.52. The number of hydrogen-bond donors (Lipinski definition) is 2. The van der Waals surface area contributed by atoms with Gasteiger partial charge in [0.15, 0.2) is 0 Å². The van der Waals surface area contributed by atoms with Crippen LogP contribution < -0.4 is 10.6 Å². The average molecular weight is 285 g/mol. The van der Waals surface area contributed by atoms with Gasteiger partial charge in [0.25, 0.3) is 10.0 Å². The van der Waals surface area contributed by atoms with Gasteiger partial charge in [-0.15, -0.1) is 4.83 Å². The molecule has 1 heterocycles. The molecule has 0 aliphatic carbocycles. The maximum Gasteiger partial charge on any atom is 0.253 e. The molecule has 6 nitrogen and oxygen atoms in total. The smallest absolute Gasteiger partial charge is 0.253 e. The number of ether oxygens (including phenoxy) is 1. The molecule has 1 fully saturated rings. The van der Waals surface area contributed by atoms with E-state index in [0.29, 0.717) is 32.8 Å². The van der Waals surface area contributed by atoms with Crippen molar-refractivity contribution in [3.05, 3.63) is 29.3 Å². The molecular formula is C12H19N3O3S. The number of rotatable bonds is 4. The predicted molar refractivity (Wildman–Crippen MR) is 71.8 cm³/mol. The van der Waals surface area contributed by atoms with Crippen LogP contribution in [0.25, 0.3) is 0 Å². The number of aryl methyl sites for hydroxylation is 1. The zero-order valence-corrected chi connectivity index (χ0v) is 11.7. The SMILES string of the molecule is Cc1ccc(S(=O)(=O)NN2CCOCC2)cc1CN. The van der Waals surface area contributed by atoms with Crippen molar-refractivity contribution in [2.45, 2.75) is 18.4 Å². The highest BCUT2D eigenvalue weighted by molar-refractivity contribution is 7.89. The van der Waals surface area contributed by atoms with Crippen LogP contribution in [-0.4, -0.2) is 39.7 Å². The van der Waals surface area contributed by atoms with Gasteiger partial charge in [0.1, 0.15) is 0 Å². The van der Waals surface area contributed by atoms with E-state index in [2.05, 4.69) is 4.83 Å². The summed E-state index contributed by atoms with van der Waals surface area (Å²) in [6.45, 7) is 4.40. The lowest BCUT2D eigenvalue weighted by Gasteiger charge is -2.26. The van der Waals surface area contributed by atoms with Crippen LogP contribution >= 0.6 is 0 Å². The molecule has 7 heteroatoms. The molecule has 19 heavy (non-hydrogen) atoms. The van der Waals surface area contributed by atoms with E-state index in [0.717, 1.165) is 11.1 Å². The summed E-state index contributed by atoms with van der Waals surface area (Å²) in [4.78, 5) is 2.81. The van der Waals surface area contributed by atoms with Crippen molar-refractivity contribution < 1.29 is 13.2 Å². The van der Waals surface area contributed by atoms with Crippen LogP contribution in [0.5, 0.6) is 0 Å². The Balaban J connectivity index is 2.18. The predicted octanol–water partition coefficient (Wildman–Crippen LogP) is -0.0208. The molecule has 0 amide bonds. The maximum atomic E-state index is 12.2. The normalized spacial score (nSPS) is 17.6. The van der Waals surface area contributed by atoms with Crippen molar-refractivity contribution in [3.63, 3.8) is 0 Å². The van der Waals surface area contributed by atoms with E-state index in [1.807, 2.05) is 6.92 Å². The van der Waals surface area contributed by atoms with E-state index >= 15 is 0 Å². The minimum absolute atomic E-state index is 0.241. The molecule has 0 spiro atoms. The molecule has 1 aromatic rings. The fraction of sp³-hybridized carbons (Fsp3) is 0.500. The van der Waals surface area contributed by atoms with Gasteiger partial charge in [-0.3, -0.25) is 0 Å². The fourth-order valence-electron chi connectivity index (χ4n) is 1.91. The quantitative estimate of drug-likeness (QED) is 0.812. The first-order valence-electron chi connectivity index (χ1n) is 6.17. The Bertz CT molecular complexity index is 539. The maximum absolute atomic E-state index is 12.2. The molecule has 0 atom stereocenters. The number of nitrogens with zero attached hydrogens (tertiary/aromatic N) is 1. The zero-order chi connectivity index (χ0) is 13.9. The topological polar surface area (TPSA) is 84.7 Å². The highest BCUT2D eigenvalue weighted by Gasteiger charge is 2.20. The van der Waals surface area contributed by atoms with E-state index in [4.69, 9.17) is 10.5 Å². The van der Waals surface area contributed by atoms with Crippen molar-refractivity contribution in [1.29, 1.82) is 0 Å². The average Bonchev–Trinajstić information content (AvgIpc) is 2.39. The molecular weight excluding hydrogens is 266 g/mol. The van der Waals surface area contributed by atoms with Crippen molar-refractivity contribution in [2.24, 2.45) is 5.73 Å². The zero-order valence-electron chi connectivity index (χ0n) is 10.9. The van der Waals surface area contributed by atoms with Gasteiger partial charge in [-0.1, -0.05) is 6.07 Å². The van der Waals surface area contributed by atoms with Crippen LogP contribution in [-0.2, 0) is 21.3 Å². The first-order valence-corrected chi connectivity index (χ1v) is 7.66. The molecule has 0 unspecified atom stereocenters. The third-order valence-electron chi connectivity index (χ3n) is 3.11. The second-order valence-electron chi connectivity index (χ2n) is 4.49. The largest absolute Gasteiger partial charge is 0.379 e. The monoisotopic (exact) mass is 285 g/mol. The fourth-order valence-corrected chi connectivity index (χ4v) is 3.08. The lowest BCUT2D eigenvalue weighted by atomic mass is 10.1. The molecule has 0 radical (unpaired) electrons. The lowest BCUT2D eigenvalue weighted by molar-refractivity contribution is 0.0272. The van der Waals surface area contributed by atoms with Gasteiger partial charge in [-0.25, -0.2) is 13.4 Å². The summed E-state index contributed by atoms with van der Waals surface area (Å²) in [5.41, 5.74) is 7.44. The van der Waals surface area contributed by atoms with Crippen LogP contribution in [0.1, 0.15) is 11.1 Å². The van der Waals surface area contributed by atoms with E-state index in [1.54, 1.807) is 23.2 Å². The molecule has 3 N–H and O–H groups in total. The molecule has 0 aromatic heterocycles. The van der Waals surface area contributed by atoms with Crippen molar-refractivity contribution in [2.75, 3.05) is 26.3 Å². The van der Waals surface area contributed by atoms with Crippen molar-refractivity contribution in [3.8, 4) is 0 Å². The summed E-state index contributed by atoms with van der Waals surface area (Å²) in [5, 5.41) is 1.65. The second-order valence-corrected chi connectivity index (χ2v) is 6.15. The molecule has 1 aromatic carbocycles. The van der Waals surface area contributed by atoms with Gasteiger partial charge in [0.05, 0.1) is 18.1 Å². The van der Waals surface area contributed by atoms with Crippen molar-refractivity contribution >= 4 is 10.0 Å². The number of morpholine rings is 1. The summed E-state index contributed by atoms with van der Waals surface area (Å²) in [5.74, 6) is 0. The molecule has 2 rings (SSSR count). The van der Waals surface area contributed by atoms with Gasteiger partial charge >= 0.3 is 0 Å². The summed E-state index contributed by atoms with van der Waals surface area (Å²) in [7, 11) is -3.54. The summed E-state index contributed by atoms with van der Waals surface area (Å²) < 4.78 is 29.7. The Labute approximate surface area is 113 Å². The van der Waals surface area contributed by atoms with Gasteiger partial charge in [0.2, 0.25) is 0 Å². The number of hydrogen-bond acceptors (Lipinski definition) is 5. The Morgan fingerprint density at radius 1 is 1.37 bits per heavy atom. The van der Waals surface area contributed by atoms with E-state index < -0.39 is 10.0 Å². The molecule has 0 saturated carbocycles. The number of nitrogens with one attached hydrogen (secondary N) is 1. The molecule has 1 aliphatic heterocycles. The Kier molecular flexibility index (Phi) is 4.54. The van der Waals surface area contributed by atoms with E-state index in [-0.39, 0.29) is 4.90 Å². The Hall–Kier alpha value is -0.990. The number of sulfonamides is 1. The molecule has 106 valence electrons. The van der Waals surface area contributed by atoms with Gasteiger partial charge in [0, 0.05) is 19.6 Å². The van der Waals surface area contributed by atoms with Gasteiger partial charge in [-0.05, 0) is 30.2 Å². The summed E-state index contributed by atoms with van der Waals surface area (Å²) in [6, 6.07) is 4.99. The van der Waals surface area contributed by atoms with Gasteiger partial charge < -0.3 is 10.5 Å². The number of hydrazine groups is 1. The lowest BCUT2D eigenvalue weighted by Crippen LogP contribution is -2.48. The molecule has 1 aliphatic rings. The van der Waals surface area contributed by atoms with E-state index in [9.17, 15) is 8.42 Å². The first kappa shape index (κ1) is 14.4. The highest BCUT2D eigenvalue weighted by Crippen LogP contribution is 2.15. The van der Waals surface area contributed by atoms with Crippen LogP contribution in [0.15, 0.2) is 23.1 Å². The summed E-state index contributed by atoms with van der Waals surface area (Å²) in [6.07, 6.45) is 0. The molecule has 0 bridgehead atoms. The van der Waals surface area contributed by atoms with Crippen LogP contribution in [0, 0.1) is 6.92 Å². The number of benzene rings is 1. The first-order chi connectivity index (χ1) is 9.03. The number of nitrogens with two attached hydrogens (primary N) is 1. The standard InChI is InChI=1S/C12H19N3O3S/c1-10-2-3-12(8-11(10)9-13)19(16,17)14-15-4-6-18-7-5-15/h2-3,8,14H,4-7,9,13H2,1H3. The third-order valence-corrected chi connectivity index (χ3v) is 4.48. The Morgan fingerprint density at radius 2 is 2.05 bits per heavy atom. The Morgan fingerprint density at radius 3 is 2.68 bits per heavy atom. The van der Waals surface area contributed by atoms with Gasteiger partial charge in [-0.2, -0.15) is 0 Å². The second kappa shape index (κ2) is 5.98. The molecule has 1 saturated heterocycles. The summed E-state index contributed by atoms with van der Waals surface area (Å²) >= 11 is 0. The van der Waals surface area contributed by atoms with Crippen LogP contribution in [0.3, 0.4) is 0 Å². The van der Waals surface area contributed by atoms with Crippen LogP contribution in [0.4, 0.5) is 0 Å². The van der Waals surface area contributed by atoms with Crippen LogP contribution in [0.2, 0.25) is 0 Å². The minimum Gasteiger partial charge on any atom is -0.379 e.